The molecule has 0 fully saturated rings. The number of hydrogen-bond acceptors (Lipinski definition) is 6. The largest absolute Gasteiger partial charge is 0.489 e. The molecule has 0 spiro atoms. The van der Waals surface area contributed by atoms with Crippen molar-refractivity contribution in [2.45, 2.75) is 13.5 Å². The molecule has 0 aliphatic heterocycles. The van der Waals surface area contributed by atoms with E-state index < -0.39 is 0 Å². The van der Waals surface area contributed by atoms with Gasteiger partial charge in [-0.15, -0.1) is 10.2 Å². The van der Waals surface area contributed by atoms with Crippen LogP contribution in [0, 0.1) is 6.92 Å². The molecule has 2 N–H and O–H groups in total. The maximum atomic E-state index is 11.5. The Kier molecular flexibility index (Phi) is 5.60. The Morgan fingerprint density at radius 3 is 2.88 bits per heavy atom. The van der Waals surface area contributed by atoms with Gasteiger partial charge < -0.3 is 4.74 Å². The van der Waals surface area contributed by atoms with E-state index in [0.29, 0.717) is 23.1 Å². The van der Waals surface area contributed by atoms with Gasteiger partial charge in [0, 0.05) is 10.6 Å². The molecular weight excluding hydrogens is 354 g/mol. The first-order chi connectivity index (χ1) is 12.6. The molecule has 0 unspecified atom stereocenters. The minimum atomic E-state index is -0.312. The van der Waals surface area contributed by atoms with Gasteiger partial charge in [0.2, 0.25) is 5.95 Å². The molecule has 7 nitrogen and oxygen atoms in total. The van der Waals surface area contributed by atoms with E-state index in [4.69, 9.17) is 16.3 Å². The van der Waals surface area contributed by atoms with Crippen molar-refractivity contribution in [2.24, 2.45) is 5.10 Å². The van der Waals surface area contributed by atoms with Crippen LogP contribution in [0.1, 0.15) is 16.8 Å². The van der Waals surface area contributed by atoms with E-state index in [1.165, 1.54) is 0 Å². The van der Waals surface area contributed by atoms with Crippen molar-refractivity contribution in [2.75, 3.05) is 5.43 Å². The number of ether oxygens (including phenoxy) is 1. The zero-order valence-electron chi connectivity index (χ0n) is 13.9. The molecule has 132 valence electrons. The molecule has 0 saturated heterocycles. The molecule has 0 atom stereocenters. The van der Waals surface area contributed by atoms with Gasteiger partial charge in [-0.1, -0.05) is 41.9 Å². The Morgan fingerprint density at radius 1 is 1.23 bits per heavy atom. The summed E-state index contributed by atoms with van der Waals surface area (Å²) in [5.41, 5.74) is 4.34. The highest BCUT2D eigenvalue weighted by Gasteiger charge is 2.01. The van der Waals surface area contributed by atoms with Crippen molar-refractivity contribution >= 4 is 23.8 Å². The molecule has 2 aromatic carbocycles. The summed E-state index contributed by atoms with van der Waals surface area (Å²) in [6, 6.07) is 15.0. The highest BCUT2D eigenvalue weighted by Crippen LogP contribution is 2.19. The number of aromatic amines is 1. The fourth-order valence-electron chi connectivity index (χ4n) is 2.07. The molecule has 3 rings (SSSR count). The van der Waals surface area contributed by atoms with E-state index >= 15 is 0 Å². The molecule has 0 saturated carbocycles. The number of nitrogens with one attached hydrogen (secondary N) is 2. The van der Waals surface area contributed by atoms with Crippen LogP contribution in [0.5, 0.6) is 5.75 Å². The van der Waals surface area contributed by atoms with Gasteiger partial charge in [0.05, 0.1) is 6.21 Å². The molecule has 1 heterocycles. The van der Waals surface area contributed by atoms with Crippen LogP contribution in [0.25, 0.3) is 0 Å². The molecule has 26 heavy (non-hydrogen) atoms. The number of aromatic nitrogens is 3. The van der Waals surface area contributed by atoms with Crippen LogP contribution in [0.3, 0.4) is 0 Å². The van der Waals surface area contributed by atoms with E-state index in [-0.39, 0.29) is 11.5 Å². The normalized spacial score (nSPS) is 10.8. The third-order valence-electron chi connectivity index (χ3n) is 3.45. The minimum Gasteiger partial charge on any atom is -0.489 e. The number of hydrogen-bond donors (Lipinski definition) is 2. The summed E-state index contributed by atoms with van der Waals surface area (Å²) < 4.78 is 5.77. The first-order valence-corrected chi connectivity index (χ1v) is 8.18. The lowest BCUT2D eigenvalue weighted by Gasteiger charge is -2.08. The maximum absolute atomic E-state index is 11.5. The average molecular weight is 370 g/mol. The van der Waals surface area contributed by atoms with Crippen molar-refractivity contribution in [1.82, 2.24) is 15.2 Å². The second-order valence-corrected chi connectivity index (χ2v) is 5.82. The molecule has 8 heteroatoms. The maximum Gasteiger partial charge on any atom is 0.274 e. The van der Waals surface area contributed by atoms with E-state index in [2.05, 4.69) is 25.7 Å². The fourth-order valence-corrected chi connectivity index (χ4v) is 2.26. The van der Waals surface area contributed by atoms with Gasteiger partial charge >= 0.3 is 0 Å². The molecule has 0 amide bonds. The lowest BCUT2D eigenvalue weighted by molar-refractivity contribution is 0.306. The topological polar surface area (TPSA) is 92.3 Å². The molecule has 3 aromatic rings. The SMILES string of the molecule is Cc1nnc(N/N=C/c2cccc(OCc3ccccc3Cl)c2)[nH]c1=O. The number of aryl methyl sites for hydroxylation is 1. The molecule has 0 bridgehead atoms. The van der Waals surface area contributed by atoms with Crippen LogP contribution in [-0.4, -0.2) is 21.4 Å². The third kappa shape index (κ3) is 4.67. The lowest BCUT2D eigenvalue weighted by Crippen LogP contribution is -2.15. The highest BCUT2D eigenvalue weighted by atomic mass is 35.5. The number of anilines is 1. The van der Waals surface area contributed by atoms with Crippen LogP contribution in [-0.2, 0) is 6.61 Å². The number of H-pyrrole nitrogens is 1. The first-order valence-electron chi connectivity index (χ1n) is 7.81. The second-order valence-electron chi connectivity index (χ2n) is 5.41. The summed E-state index contributed by atoms with van der Waals surface area (Å²) in [4.78, 5) is 14.0. The van der Waals surface area contributed by atoms with Crippen molar-refractivity contribution in [3.63, 3.8) is 0 Å². The summed E-state index contributed by atoms with van der Waals surface area (Å²) in [6.45, 7) is 1.95. The number of rotatable bonds is 6. The second kappa shape index (κ2) is 8.26. The molecule has 1 aromatic heterocycles. The summed E-state index contributed by atoms with van der Waals surface area (Å²) in [6.07, 6.45) is 1.59. The number of halogens is 1. The highest BCUT2D eigenvalue weighted by molar-refractivity contribution is 6.31. The van der Waals surface area contributed by atoms with Gasteiger partial charge in [-0.2, -0.15) is 5.10 Å². The Labute approximate surface area is 154 Å². The van der Waals surface area contributed by atoms with E-state index in [1.54, 1.807) is 13.1 Å². The van der Waals surface area contributed by atoms with Crippen LogP contribution in [0.2, 0.25) is 5.02 Å². The van der Waals surface area contributed by atoms with Gasteiger partial charge in [-0.3, -0.25) is 9.78 Å². The Balaban J connectivity index is 1.62. The molecule has 0 radical (unpaired) electrons. The zero-order chi connectivity index (χ0) is 18.4. The summed E-state index contributed by atoms with van der Waals surface area (Å²) in [5.74, 6) is 0.861. The van der Waals surface area contributed by atoms with Gasteiger partial charge in [0.1, 0.15) is 18.1 Å². The van der Waals surface area contributed by atoms with Crippen LogP contribution in [0.15, 0.2) is 58.4 Å². The summed E-state index contributed by atoms with van der Waals surface area (Å²) in [7, 11) is 0. The third-order valence-corrected chi connectivity index (χ3v) is 3.82. The predicted octanol–water partition coefficient (Wildman–Crippen LogP) is 3.15. The lowest BCUT2D eigenvalue weighted by atomic mass is 10.2. The monoisotopic (exact) mass is 369 g/mol. The van der Waals surface area contributed by atoms with E-state index in [0.717, 1.165) is 11.1 Å². The molecule has 0 aliphatic carbocycles. The van der Waals surface area contributed by atoms with Crippen molar-refractivity contribution in [1.29, 1.82) is 0 Å². The smallest absolute Gasteiger partial charge is 0.274 e. The molecule has 0 aliphatic rings. The Bertz CT molecular complexity index is 987. The first kappa shape index (κ1) is 17.6. The van der Waals surface area contributed by atoms with Gasteiger partial charge in [0.25, 0.3) is 5.56 Å². The van der Waals surface area contributed by atoms with Crippen LogP contribution in [0.4, 0.5) is 5.95 Å². The summed E-state index contributed by atoms with van der Waals surface area (Å²) >= 11 is 6.12. The van der Waals surface area contributed by atoms with Gasteiger partial charge in [0.15, 0.2) is 0 Å². The average Bonchev–Trinajstić information content (AvgIpc) is 2.64. The number of nitrogens with zero attached hydrogens (tertiary/aromatic N) is 3. The van der Waals surface area contributed by atoms with Crippen molar-refractivity contribution < 1.29 is 4.74 Å². The molecular formula is C18H16ClN5O2. The van der Waals surface area contributed by atoms with E-state index in [9.17, 15) is 4.79 Å². The summed E-state index contributed by atoms with van der Waals surface area (Å²) in [5, 5.41) is 12.2. The zero-order valence-corrected chi connectivity index (χ0v) is 14.7. The quantitative estimate of drug-likeness (QED) is 0.514. The van der Waals surface area contributed by atoms with Crippen molar-refractivity contribution in [3.05, 3.63) is 80.7 Å². The standard InChI is InChI=1S/C18H16ClN5O2/c1-12-17(25)21-18(24-22-12)23-20-10-13-5-4-7-15(9-13)26-11-14-6-2-3-8-16(14)19/h2-10H,11H2,1H3,(H2,21,23,24,25)/b20-10+. The fraction of sp³-hybridized carbons (Fsp3) is 0.111. The van der Waals surface area contributed by atoms with Crippen molar-refractivity contribution in [3.8, 4) is 5.75 Å². The van der Waals surface area contributed by atoms with Gasteiger partial charge in [-0.05, 0) is 30.7 Å². The Hall–Kier alpha value is -3.19. The van der Waals surface area contributed by atoms with Gasteiger partial charge in [-0.25, -0.2) is 5.43 Å². The number of benzene rings is 2. The minimum absolute atomic E-state index is 0.169. The number of hydrazone groups is 1. The van der Waals surface area contributed by atoms with E-state index in [1.807, 2.05) is 48.5 Å². The predicted molar refractivity (Wildman–Crippen MR) is 101 cm³/mol. The Morgan fingerprint density at radius 2 is 2.08 bits per heavy atom. The van der Waals surface area contributed by atoms with Crippen LogP contribution >= 0.6 is 11.6 Å². The van der Waals surface area contributed by atoms with Crippen LogP contribution < -0.4 is 15.7 Å².